The lowest BCUT2D eigenvalue weighted by Gasteiger charge is -2.64. The van der Waals surface area contributed by atoms with Crippen LogP contribution >= 0.6 is 0 Å². The largest absolute Gasteiger partial charge is 0.462 e. The number of fused-ring (bicyclic) bond motifs is 3. The molecule has 4 bridgehead atoms. The average Bonchev–Trinajstić information content (AvgIpc) is 2.84. The van der Waals surface area contributed by atoms with Crippen molar-refractivity contribution < 1.29 is 49.3 Å². The Labute approximate surface area is 179 Å². The molecule has 10 heteroatoms. The van der Waals surface area contributed by atoms with E-state index in [9.17, 15) is 35.1 Å². The Kier molecular flexibility index (Phi) is 4.37. The van der Waals surface area contributed by atoms with Gasteiger partial charge in [-0.1, -0.05) is 6.92 Å². The van der Waals surface area contributed by atoms with Crippen LogP contribution in [0.5, 0.6) is 0 Å². The number of carbonyl (C=O) groups excluding carboxylic acids is 2. The summed E-state index contributed by atoms with van der Waals surface area (Å²) in [6.45, 7) is 4.06. The number of ketones is 1. The third-order valence-electron chi connectivity index (χ3n) is 9.21. The lowest BCUT2D eigenvalue weighted by Crippen LogP contribution is -2.81. The van der Waals surface area contributed by atoms with E-state index in [0.29, 0.717) is 0 Å². The van der Waals surface area contributed by atoms with Crippen LogP contribution in [0, 0.1) is 23.2 Å². The van der Waals surface area contributed by atoms with Crippen LogP contribution in [0.15, 0.2) is 0 Å². The maximum absolute atomic E-state index is 13.7. The summed E-state index contributed by atoms with van der Waals surface area (Å²) in [7, 11) is 0. The second-order valence-electron chi connectivity index (χ2n) is 10.5. The predicted octanol–water partition coefficient (Wildman–Crippen LogP) is -2.10. The molecule has 0 aromatic heterocycles. The van der Waals surface area contributed by atoms with E-state index < -0.39 is 82.2 Å². The van der Waals surface area contributed by atoms with Crippen molar-refractivity contribution in [2.75, 3.05) is 13.2 Å². The number of hydrogen-bond donors (Lipinski definition) is 5. The monoisotopic (exact) mass is 442 g/mol. The third-order valence-corrected chi connectivity index (χ3v) is 9.21. The summed E-state index contributed by atoms with van der Waals surface area (Å²) in [4.78, 5) is 25.5. The van der Waals surface area contributed by atoms with E-state index in [1.807, 2.05) is 0 Å². The van der Waals surface area contributed by atoms with Crippen LogP contribution in [-0.2, 0) is 23.8 Å². The standard InChI is InChI=1S/C21H30O10/c1-8(22)31-10-5-12-20(27,7-29-12)14-13(10)16(25)17(26)21(28)18(2)6-30-19(21,3)11(23)4-9(18)15(14)24/h9-15,17,23-24,26-28H,4-7H2,1-3H3. The second-order valence-corrected chi connectivity index (χ2v) is 10.5. The molecule has 2 saturated heterocycles. The molecule has 3 saturated carbocycles. The van der Waals surface area contributed by atoms with Crippen LogP contribution in [0.25, 0.3) is 0 Å². The smallest absolute Gasteiger partial charge is 0.302 e. The molecule has 3 aliphatic carbocycles. The van der Waals surface area contributed by atoms with Gasteiger partial charge in [-0.3, -0.25) is 9.59 Å². The second kappa shape index (κ2) is 6.25. The van der Waals surface area contributed by atoms with Crippen molar-refractivity contribution in [1.82, 2.24) is 0 Å². The quantitative estimate of drug-likeness (QED) is 0.284. The molecule has 2 heterocycles. The molecule has 12 atom stereocenters. The molecular formula is C21H30O10. The first-order valence-corrected chi connectivity index (χ1v) is 10.8. The first kappa shape index (κ1) is 21.7. The highest BCUT2D eigenvalue weighted by atomic mass is 16.6. The highest BCUT2D eigenvalue weighted by molar-refractivity contribution is 5.89. The minimum absolute atomic E-state index is 0.0270. The number of aliphatic hydroxyl groups excluding tert-OH is 3. The molecular weight excluding hydrogens is 412 g/mol. The van der Waals surface area contributed by atoms with Gasteiger partial charge in [-0.25, -0.2) is 0 Å². The van der Waals surface area contributed by atoms with Gasteiger partial charge in [-0.15, -0.1) is 0 Å². The zero-order valence-electron chi connectivity index (χ0n) is 17.7. The SMILES string of the molecule is CC(=O)OC1CC2OCC2(O)C2C(O)C3CC(O)C4(C)OCC3(C)C4(O)C(O)C(=O)C12. The Balaban J connectivity index is 1.70. The molecule has 0 radical (unpaired) electrons. The van der Waals surface area contributed by atoms with Gasteiger partial charge >= 0.3 is 5.97 Å². The summed E-state index contributed by atoms with van der Waals surface area (Å²) in [5, 5.41) is 57.0. The van der Waals surface area contributed by atoms with Gasteiger partial charge in [0.25, 0.3) is 0 Å². The van der Waals surface area contributed by atoms with Crippen LogP contribution in [0.2, 0.25) is 0 Å². The van der Waals surface area contributed by atoms with Crippen molar-refractivity contribution >= 4 is 11.8 Å². The van der Waals surface area contributed by atoms with E-state index in [-0.39, 0.29) is 26.1 Å². The highest BCUT2D eigenvalue weighted by Gasteiger charge is 2.80. The molecule has 2 aliphatic heterocycles. The van der Waals surface area contributed by atoms with Gasteiger partial charge in [-0.2, -0.15) is 0 Å². The Morgan fingerprint density at radius 2 is 1.81 bits per heavy atom. The summed E-state index contributed by atoms with van der Waals surface area (Å²) in [5.74, 6) is -4.68. The number of Topliss-reactive ketones (excluding diaryl/α,β-unsaturated/α-hetero) is 1. The molecule has 0 spiro atoms. The van der Waals surface area contributed by atoms with Gasteiger partial charge < -0.3 is 39.7 Å². The van der Waals surface area contributed by atoms with Crippen molar-refractivity contribution in [1.29, 1.82) is 0 Å². The minimum Gasteiger partial charge on any atom is -0.462 e. The zero-order valence-corrected chi connectivity index (χ0v) is 17.7. The summed E-state index contributed by atoms with van der Waals surface area (Å²) < 4.78 is 16.7. The minimum atomic E-state index is -2.19. The summed E-state index contributed by atoms with van der Waals surface area (Å²) >= 11 is 0. The van der Waals surface area contributed by atoms with Gasteiger partial charge in [0, 0.05) is 24.7 Å². The van der Waals surface area contributed by atoms with Crippen LogP contribution in [0.3, 0.4) is 0 Å². The lowest BCUT2D eigenvalue weighted by atomic mass is 9.45. The number of aliphatic hydroxyl groups is 5. The number of esters is 1. The Morgan fingerprint density at radius 3 is 2.39 bits per heavy atom. The Hall–Kier alpha value is -1.14. The van der Waals surface area contributed by atoms with Gasteiger partial charge in [0.2, 0.25) is 0 Å². The number of hydrogen-bond acceptors (Lipinski definition) is 10. The van der Waals surface area contributed by atoms with Gasteiger partial charge in [0.05, 0.1) is 37.4 Å². The van der Waals surface area contributed by atoms with Crippen LogP contribution in [-0.4, -0.2) is 97.8 Å². The van der Waals surface area contributed by atoms with Crippen molar-refractivity contribution in [2.45, 2.75) is 80.9 Å². The van der Waals surface area contributed by atoms with Crippen LogP contribution < -0.4 is 0 Å². The number of carbonyl (C=O) groups is 2. The van der Waals surface area contributed by atoms with E-state index in [2.05, 4.69) is 0 Å². The predicted molar refractivity (Wildman–Crippen MR) is 100 cm³/mol. The summed E-state index contributed by atoms with van der Waals surface area (Å²) in [6, 6.07) is 0. The van der Waals surface area contributed by atoms with Crippen molar-refractivity contribution in [3.63, 3.8) is 0 Å². The van der Waals surface area contributed by atoms with E-state index in [1.165, 1.54) is 13.8 Å². The highest BCUT2D eigenvalue weighted by Crippen LogP contribution is 2.65. The maximum Gasteiger partial charge on any atom is 0.302 e. The first-order chi connectivity index (χ1) is 14.3. The molecule has 10 nitrogen and oxygen atoms in total. The number of rotatable bonds is 1. The van der Waals surface area contributed by atoms with Crippen molar-refractivity contribution in [3.05, 3.63) is 0 Å². The molecule has 0 aromatic rings. The van der Waals surface area contributed by atoms with Gasteiger partial charge in [0.15, 0.2) is 5.78 Å². The summed E-state index contributed by atoms with van der Waals surface area (Å²) in [5.41, 5.74) is -6.66. The Morgan fingerprint density at radius 1 is 1.13 bits per heavy atom. The molecule has 5 N–H and O–H groups in total. The average molecular weight is 442 g/mol. The van der Waals surface area contributed by atoms with E-state index in [1.54, 1.807) is 6.92 Å². The summed E-state index contributed by atoms with van der Waals surface area (Å²) in [6.07, 6.45) is -6.32. The fourth-order valence-electron chi connectivity index (χ4n) is 7.35. The molecule has 12 unspecified atom stereocenters. The lowest BCUT2D eigenvalue weighted by molar-refractivity contribution is -0.331. The number of ether oxygens (including phenoxy) is 3. The zero-order chi connectivity index (χ0) is 22.7. The topological polar surface area (TPSA) is 163 Å². The molecule has 0 aromatic carbocycles. The molecule has 5 aliphatic rings. The normalized spacial score (nSPS) is 60.2. The van der Waals surface area contributed by atoms with Crippen LogP contribution in [0.1, 0.15) is 33.6 Å². The molecule has 0 amide bonds. The fourth-order valence-corrected chi connectivity index (χ4v) is 7.35. The van der Waals surface area contributed by atoms with Gasteiger partial charge in [-0.05, 0) is 19.3 Å². The van der Waals surface area contributed by atoms with E-state index in [4.69, 9.17) is 14.2 Å². The molecule has 5 fully saturated rings. The third kappa shape index (κ3) is 2.27. The molecule has 174 valence electrons. The van der Waals surface area contributed by atoms with E-state index >= 15 is 0 Å². The van der Waals surface area contributed by atoms with Crippen molar-refractivity contribution in [2.24, 2.45) is 23.2 Å². The molecule has 31 heavy (non-hydrogen) atoms. The first-order valence-electron chi connectivity index (χ1n) is 10.8. The Bertz CT molecular complexity index is 833. The van der Waals surface area contributed by atoms with Gasteiger partial charge in [0.1, 0.15) is 29.0 Å². The van der Waals surface area contributed by atoms with Crippen LogP contribution in [0.4, 0.5) is 0 Å². The molecule has 5 rings (SSSR count). The fraction of sp³-hybridized carbons (Fsp3) is 0.905. The van der Waals surface area contributed by atoms with Crippen molar-refractivity contribution in [3.8, 4) is 0 Å². The van der Waals surface area contributed by atoms with E-state index in [0.717, 1.165) is 0 Å². The maximum atomic E-state index is 13.7.